The van der Waals surface area contributed by atoms with Crippen LogP contribution in [-0.4, -0.2) is 44.7 Å². The lowest BCUT2D eigenvalue weighted by molar-refractivity contribution is 0.0246. The van der Waals surface area contributed by atoms with Gasteiger partial charge in [0.2, 0.25) is 0 Å². The number of hydrogen-bond acceptors (Lipinski definition) is 5. The molecule has 1 aromatic heterocycles. The predicted octanol–water partition coefficient (Wildman–Crippen LogP) is -0.327. The number of aliphatic hydroxyl groups is 1. The van der Waals surface area contributed by atoms with E-state index in [4.69, 9.17) is 5.11 Å². The van der Waals surface area contributed by atoms with Crippen LogP contribution in [-0.2, 0) is 6.67 Å². The van der Waals surface area contributed by atoms with E-state index in [2.05, 4.69) is 15.2 Å². The maximum atomic E-state index is 12.1. The Bertz CT molecular complexity index is 619. The summed E-state index contributed by atoms with van der Waals surface area (Å²) in [5.41, 5.74) is 0.503. The van der Waals surface area contributed by atoms with E-state index in [-0.39, 0.29) is 12.2 Å². The average molecular weight is 246 g/mol. The highest BCUT2D eigenvalue weighted by atomic mass is 16.3. The van der Waals surface area contributed by atoms with Crippen LogP contribution >= 0.6 is 0 Å². The fourth-order valence-electron chi connectivity index (χ4n) is 2.21. The Hall–Kier alpha value is -1.79. The van der Waals surface area contributed by atoms with Crippen LogP contribution < -0.4 is 5.56 Å². The molecule has 0 bridgehead atoms. The molecule has 1 fully saturated rings. The quantitative estimate of drug-likeness (QED) is 0.803. The molecule has 2 aromatic rings. The van der Waals surface area contributed by atoms with Gasteiger partial charge in [-0.2, -0.15) is 4.68 Å². The zero-order chi connectivity index (χ0) is 12.5. The molecular formula is C12H14N4O2. The molecule has 6 nitrogen and oxygen atoms in total. The van der Waals surface area contributed by atoms with Crippen LogP contribution in [0.2, 0.25) is 0 Å². The molecule has 0 atom stereocenters. The Labute approximate surface area is 103 Å². The molecule has 6 heteroatoms. The molecule has 2 heterocycles. The number of rotatable bonds is 3. The van der Waals surface area contributed by atoms with Gasteiger partial charge in [0.15, 0.2) is 0 Å². The lowest BCUT2D eigenvalue weighted by atomic mass is 10.0. The van der Waals surface area contributed by atoms with Crippen molar-refractivity contribution in [3.8, 4) is 0 Å². The summed E-state index contributed by atoms with van der Waals surface area (Å²) in [4.78, 5) is 14.2. The molecule has 18 heavy (non-hydrogen) atoms. The van der Waals surface area contributed by atoms with Crippen LogP contribution in [0.15, 0.2) is 29.1 Å². The molecule has 0 saturated carbocycles. The van der Waals surface area contributed by atoms with Crippen LogP contribution in [0, 0.1) is 5.92 Å². The molecule has 0 radical (unpaired) electrons. The lowest BCUT2D eigenvalue weighted by Gasteiger charge is -2.37. The van der Waals surface area contributed by atoms with Gasteiger partial charge in [0.1, 0.15) is 5.52 Å². The van der Waals surface area contributed by atoms with Gasteiger partial charge < -0.3 is 5.11 Å². The zero-order valence-electron chi connectivity index (χ0n) is 9.86. The van der Waals surface area contributed by atoms with Crippen molar-refractivity contribution in [2.24, 2.45) is 5.92 Å². The highest BCUT2D eigenvalue weighted by molar-refractivity contribution is 5.76. The number of aliphatic hydroxyl groups excluding tert-OH is 1. The van der Waals surface area contributed by atoms with Crippen LogP contribution in [0.5, 0.6) is 0 Å². The van der Waals surface area contributed by atoms with E-state index in [0.717, 1.165) is 13.1 Å². The Morgan fingerprint density at radius 3 is 2.89 bits per heavy atom. The van der Waals surface area contributed by atoms with Crippen molar-refractivity contribution >= 4 is 10.9 Å². The monoisotopic (exact) mass is 246 g/mol. The third-order valence-corrected chi connectivity index (χ3v) is 3.25. The molecule has 1 aliphatic rings. The summed E-state index contributed by atoms with van der Waals surface area (Å²) >= 11 is 0. The smallest absolute Gasteiger partial charge is 0.278 e. The van der Waals surface area contributed by atoms with Crippen molar-refractivity contribution in [1.82, 2.24) is 19.9 Å². The van der Waals surface area contributed by atoms with Gasteiger partial charge in [-0.3, -0.25) is 9.69 Å². The molecule has 1 aliphatic heterocycles. The number of nitrogens with zero attached hydrogens (tertiary/aromatic N) is 4. The van der Waals surface area contributed by atoms with Crippen molar-refractivity contribution in [2.45, 2.75) is 6.67 Å². The SMILES string of the molecule is O=c1c2ccccc2nnn1CN1CC(CO)C1. The highest BCUT2D eigenvalue weighted by Crippen LogP contribution is 2.14. The van der Waals surface area contributed by atoms with Crippen LogP contribution in [0.25, 0.3) is 10.9 Å². The maximum Gasteiger partial charge on any atom is 0.278 e. The Balaban J connectivity index is 1.85. The molecule has 0 spiro atoms. The fraction of sp³-hybridized carbons (Fsp3) is 0.417. The largest absolute Gasteiger partial charge is 0.396 e. The maximum absolute atomic E-state index is 12.1. The first-order valence-corrected chi connectivity index (χ1v) is 5.93. The van der Waals surface area contributed by atoms with Gasteiger partial charge in [-0.1, -0.05) is 17.3 Å². The molecule has 1 aromatic carbocycles. The fourth-order valence-corrected chi connectivity index (χ4v) is 2.21. The topological polar surface area (TPSA) is 71.2 Å². The van der Waals surface area contributed by atoms with Crippen molar-refractivity contribution in [3.05, 3.63) is 34.6 Å². The minimum Gasteiger partial charge on any atom is -0.396 e. The molecule has 0 aliphatic carbocycles. The van der Waals surface area contributed by atoms with Crippen molar-refractivity contribution in [2.75, 3.05) is 19.7 Å². The summed E-state index contributed by atoms with van der Waals surface area (Å²) < 4.78 is 1.37. The third-order valence-electron chi connectivity index (χ3n) is 3.25. The lowest BCUT2D eigenvalue weighted by Crippen LogP contribution is -2.50. The second-order valence-corrected chi connectivity index (χ2v) is 4.64. The summed E-state index contributed by atoms with van der Waals surface area (Å²) in [6.45, 7) is 2.25. The van der Waals surface area contributed by atoms with Gasteiger partial charge in [0.05, 0.1) is 12.1 Å². The number of hydrogen-bond donors (Lipinski definition) is 1. The molecule has 0 unspecified atom stereocenters. The van der Waals surface area contributed by atoms with Gasteiger partial charge in [-0.15, -0.1) is 5.10 Å². The normalized spacial score (nSPS) is 16.9. The van der Waals surface area contributed by atoms with Crippen molar-refractivity contribution in [1.29, 1.82) is 0 Å². The minimum absolute atomic E-state index is 0.118. The number of fused-ring (bicyclic) bond motifs is 1. The second kappa shape index (κ2) is 4.47. The Morgan fingerprint density at radius 1 is 1.33 bits per heavy atom. The Morgan fingerprint density at radius 2 is 2.11 bits per heavy atom. The van der Waals surface area contributed by atoms with Gasteiger partial charge in [0, 0.05) is 25.6 Å². The standard InChI is InChI=1S/C12H14N4O2/c17-7-9-5-15(6-9)8-16-12(18)10-3-1-2-4-11(10)13-14-16/h1-4,9,17H,5-8H2. The van der Waals surface area contributed by atoms with E-state index in [0.29, 0.717) is 23.5 Å². The highest BCUT2D eigenvalue weighted by Gasteiger charge is 2.26. The number of benzene rings is 1. The van der Waals surface area contributed by atoms with Crippen molar-refractivity contribution < 1.29 is 5.11 Å². The molecule has 0 amide bonds. The second-order valence-electron chi connectivity index (χ2n) is 4.64. The summed E-state index contributed by atoms with van der Waals surface area (Å²) in [5.74, 6) is 0.328. The summed E-state index contributed by atoms with van der Waals surface area (Å²) in [6, 6.07) is 7.19. The summed E-state index contributed by atoms with van der Waals surface area (Å²) in [7, 11) is 0. The van der Waals surface area contributed by atoms with E-state index in [1.54, 1.807) is 12.1 Å². The van der Waals surface area contributed by atoms with Gasteiger partial charge in [-0.25, -0.2) is 0 Å². The minimum atomic E-state index is -0.118. The first-order chi connectivity index (χ1) is 8.78. The first-order valence-electron chi connectivity index (χ1n) is 5.93. The van der Waals surface area contributed by atoms with Gasteiger partial charge >= 0.3 is 0 Å². The molecule has 1 N–H and O–H groups in total. The molecule has 94 valence electrons. The number of likely N-dealkylation sites (tertiary alicyclic amines) is 1. The van der Waals surface area contributed by atoms with Crippen LogP contribution in [0.4, 0.5) is 0 Å². The van der Waals surface area contributed by atoms with E-state index < -0.39 is 0 Å². The Kier molecular flexibility index (Phi) is 2.81. The third kappa shape index (κ3) is 1.89. The van der Waals surface area contributed by atoms with E-state index >= 15 is 0 Å². The molecule has 1 saturated heterocycles. The molecular weight excluding hydrogens is 232 g/mol. The summed E-state index contributed by atoms with van der Waals surface area (Å²) in [5, 5.41) is 17.5. The predicted molar refractivity (Wildman–Crippen MR) is 65.9 cm³/mol. The average Bonchev–Trinajstić information content (AvgIpc) is 2.36. The van der Waals surface area contributed by atoms with Gasteiger partial charge in [0.25, 0.3) is 5.56 Å². The van der Waals surface area contributed by atoms with E-state index in [1.165, 1.54) is 4.68 Å². The van der Waals surface area contributed by atoms with Crippen LogP contribution in [0.3, 0.4) is 0 Å². The zero-order valence-corrected chi connectivity index (χ0v) is 9.86. The van der Waals surface area contributed by atoms with Crippen molar-refractivity contribution in [3.63, 3.8) is 0 Å². The van der Waals surface area contributed by atoms with Gasteiger partial charge in [-0.05, 0) is 12.1 Å². The molecule has 3 rings (SSSR count). The van der Waals surface area contributed by atoms with E-state index in [1.807, 2.05) is 12.1 Å². The summed E-state index contributed by atoms with van der Waals surface area (Å²) in [6.07, 6.45) is 0. The first kappa shape index (κ1) is 11.3. The van der Waals surface area contributed by atoms with Crippen LogP contribution in [0.1, 0.15) is 0 Å². The number of aromatic nitrogens is 3. The van der Waals surface area contributed by atoms with E-state index in [9.17, 15) is 4.79 Å².